The highest BCUT2D eigenvalue weighted by Gasteiger charge is 2.38. The van der Waals surface area contributed by atoms with Gasteiger partial charge in [0.2, 0.25) is 5.75 Å². The van der Waals surface area contributed by atoms with Crippen LogP contribution in [0.4, 0.5) is 18.9 Å². The number of hydrogen-bond donors (Lipinski definition) is 2. The van der Waals surface area contributed by atoms with Crippen molar-refractivity contribution in [2.45, 2.75) is 33.9 Å². The fourth-order valence-corrected chi connectivity index (χ4v) is 2.81. The van der Waals surface area contributed by atoms with E-state index in [0.717, 1.165) is 0 Å². The minimum atomic E-state index is -5.01. The molecule has 0 radical (unpaired) electrons. The minimum Gasteiger partial charge on any atom is -0.490 e. The third-order valence-corrected chi connectivity index (χ3v) is 4.29. The maximum absolute atomic E-state index is 12.7. The summed E-state index contributed by atoms with van der Waals surface area (Å²) in [5.74, 6) is -1.58. The van der Waals surface area contributed by atoms with Gasteiger partial charge in [-0.05, 0) is 57.5 Å². The van der Waals surface area contributed by atoms with Gasteiger partial charge in [0.05, 0.1) is 25.5 Å². The standard InChI is InChI=1S/C23H26F3N3O5/c1-5-32-18-12-16(13-19(33-6-2)20(18)34-7-3)21(30)29-28-14(4)15-9-8-10-17(11-15)27-22(31)23(24,25)26/h8-13H,5-7H2,1-4H3,(H,27,31)(H,29,30). The SMILES string of the molecule is CCOc1cc(C(=O)NN=C(C)c2cccc(NC(=O)C(F)(F)F)c2)cc(OCC)c1OCC. The number of carbonyl (C=O) groups excluding carboxylic acids is 2. The van der Waals surface area contributed by atoms with Crippen LogP contribution in [0, 0.1) is 0 Å². The van der Waals surface area contributed by atoms with E-state index in [0.29, 0.717) is 48.3 Å². The quantitative estimate of drug-likeness (QED) is 0.384. The van der Waals surface area contributed by atoms with Gasteiger partial charge in [0, 0.05) is 11.3 Å². The van der Waals surface area contributed by atoms with E-state index < -0.39 is 18.0 Å². The molecule has 0 atom stereocenters. The smallest absolute Gasteiger partial charge is 0.471 e. The number of nitrogens with one attached hydrogen (secondary N) is 2. The summed E-state index contributed by atoms with van der Waals surface area (Å²) in [6.07, 6.45) is -5.01. The summed E-state index contributed by atoms with van der Waals surface area (Å²) < 4.78 is 54.2. The van der Waals surface area contributed by atoms with E-state index in [1.165, 1.54) is 30.3 Å². The summed E-state index contributed by atoms with van der Waals surface area (Å²) in [6, 6.07) is 8.66. The second kappa shape index (κ2) is 11.9. The zero-order valence-electron chi connectivity index (χ0n) is 19.2. The van der Waals surface area contributed by atoms with Crippen LogP contribution >= 0.6 is 0 Å². The number of carbonyl (C=O) groups is 2. The van der Waals surface area contributed by atoms with E-state index in [9.17, 15) is 22.8 Å². The number of benzene rings is 2. The van der Waals surface area contributed by atoms with E-state index >= 15 is 0 Å². The summed E-state index contributed by atoms with van der Waals surface area (Å²) >= 11 is 0. The summed E-state index contributed by atoms with van der Waals surface area (Å²) in [5, 5.41) is 5.79. The molecule has 0 aliphatic heterocycles. The highest BCUT2D eigenvalue weighted by molar-refractivity contribution is 6.02. The fourth-order valence-electron chi connectivity index (χ4n) is 2.81. The van der Waals surface area contributed by atoms with E-state index in [-0.39, 0.29) is 11.3 Å². The normalized spacial score (nSPS) is 11.6. The summed E-state index contributed by atoms with van der Waals surface area (Å²) in [5.41, 5.74) is 3.25. The van der Waals surface area contributed by atoms with Crippen LogP contribution in [0.15, 0.2) is 41.5 Å². The Hall–Kier alpha value is -3.76. The van der Waals surface area contributed by atoms with E-state index in [1.807, 2.05) is 6.92 Å². The highest BCUT2D eigenvalue weighted by Crippen LogP contribution is 2.39. The monoisotopic (exact) mass is 481 g/mol. The van der Waals surface area contributed by atoms with Crippen LogP contribution in [0.5, 0.6) is 17.2 Å². The van der Waals surface area contributed by atoms with E-state index in [4.69, 9.17) is 14.2 Å². The average Bonchev–Trinajstić information content (AvgIpc) is 2.79. The van der Waals surface area contributed by atoms with Gasteiger partial charge < -0.3 is 19.5 Å². The predicted molar refractivity (Wildman–Crippen MR) is 121 cm³/mol. The number of hydrogen-bond acceptors (Lipinski definition) is 6. The van der Waals surface area contributed by atoms with Crippen LogP contribution in [0.25, 0.3) is 0 Å². The molecule has 0 saturated heterocycles. The number of rotatable bonds is 10. The highest BCUT2D eigenvalue weighted by atomic mass is 19.4. The molecule has 184 valence electrons. The molecule has 0 fully saturated rings. The third-order valence-electron chi connectivity index (χ3n) is 4.29. The van der Waals surface area contributed by atoms with Crippen LogP contribution in [-0.4, -0.2) is 43.5 Å². The number of alkyl halides is 3. The summed E-state index contributed by atoms with van der Waals surface area (Å²) in [4.78, 5) is 23.9. The van der Waals surface area contributed by atoms with E-state index in [2.05, 4.69) is 10.5 Å². The van der Waals surface area contributed by atoms with Crippen LogP contribution in [0.2, 0.25) is 0 Å². The largest absolute Gasteiger partial charge is 0.490 e. The van der Waals surface area contributed by atoms with Gasteiger partial charge in [-0.2, -0.15) is 18.3 Å². The second-order valence-electron chi connectivity index (χ2n) is 6.77. The van der Waals surface area contributed by atoms with Crippen molar-refractivity contribution in [2.75, 3.05) is 25.1 Å². The van der Waals surface area contributed by atoms with Gasteiger partial charge in [-0.25, -0.2) is 5.43 Å². The maximum Gasteiger partial charge on any atom is 0.471 e. The van der Waals surface area contributed by atoms with Gasteiger partial charge in [0.25, 0.3) is 5.91 Å². The number of ether oxygens (including phenoxy) is 3. The first-order valence-corrected chi connectivity index (χ1v) is 10.5. The number of halogens is 3. The molecular formula is C23H26F3N3O5. The van der Waals surface area contributed by atoms with Crippen molar-refractivity contribution in [3.05, 3.63) is 47.5 Å². The number of nitrogens with zero attached hydrogens (tertiary/aromatic N) is 1. The van der Waals surface area contributed by atoms with Crippen molar-refractivity contribution >= 4 is 23.2 Å². The molecule has 0 spiro atoms. The summed E-state index contributed by atoms with van der Waals surface area (Å²) in [6.45, 7) is 8.01. The Morgan fingerprint density at radius 1 is 0.912 bits per heavy atom. The van der Waals surface area contributed by atoms with Gasteiger partial charge in [-0.15, -0.1) is 0 Å². The van der Waals surface area contributed by atoms with Crippen molar-refractivity contribution in [3.8, 4) is 17.2 Å². The Labute approximate surface area is 195 Å². The maximum atomic E-state index is 12.7. The molecule has 0 unspecified atom stereocenters. The Bertz CT molecular complexity index is 1030. The predicted octanol–water partition coefficient (Wildman–Crippen LogP) is 4.54. The van der Waals surface area contributed by atoms with Crippen LogP contribution < -0.4 is 25.0 Å². The van der Waals surface area contributed by atoms with Gasteiger partial charge in [-0.1, -0.05) is 12.1 Å². The Balaban J connectivity index is 2.24. The molecule has 2 aromatic rings. The van der Waals surface area contributed by atoms with Crippen molar-refractivity contribution in [1.82, 2.24) is 5.43 Å². The van der Waals surface area contributed by atoms with Crippen molar-refractivity contribution in [1.29, 1.82) is 0 Å². The van der Waals surface area contributed by atoms with Crippen LogP contribution in [0.3, 0.4) is 0 Å². The van der Waals surface area contributed by atoms with Gasteiger partial charge in [0.1, 0.15) is 0 Å². The lowest BCUT2D eigenvalue weighted by molar-refractivity contribution is -0.167. The molecule has 0 aromatic heterocycles. The molecule has 0 heterocycles. The Morgan fingerprint density at radius 3 is 2.03 bits per heavy atom. The van der Waals surface area contributed by atoms with Gasteiger partial charge in [0.15, 0.2) is 11.5 Å². The minimum absolute atomic E-state index is 0.0603. The third kappa shape index (κ3) is 7.12. The molecule has 0 aliphatic rings. The molecule has 2 N–H and O–H groups in total. The number of amides is 2. The lowest BCUT2D eigenvalue weighted by Gasteiger charge is -2.16. The lowest BCUT2D eigenvalue weighted by Crippen LogP contribution is -2.29. The molecule has 0 aliphatic carbocycles. The molecule has 0 bridgehead atoms. The first kappa shape index (κ1) is 26.5. The molecule has 34 heavy (non-hydrogen) atoms. The molecule has 11 heteroatoms. The van der Waals surface area contributed by atoms with Crippen molar-refractivity contribution in [3.63, 3.8) is 0 Å². The molecule has 0 saturated carbocycles. The van der Waals surface area contributed by atoms with Gasteiger partial charge in [-0.3, -0.25) is 9.59 Å². The van der Waals surface area contributed by atoms with Crippen LogP contribution in [0.1, 0.15) is 43.6 Å². The molecular weight excluding hydrogens is 455 g/mol. The second-order valence-corrected chi connectivity index (χ2v) is 6.77. The zero-order valence-corrected chi connectivity index (χ0v) is 19.2. The first-order valence-electron chi connectivity index (χ1n) is 10.5. The average molecular weight is 481 g/mol. The lowest BCUT2D eigenvalue weighted by atomic mass is 10.1. The van der Waals surface area contributed by atoms with Crippen molar-refractivity contribution < 1.29 is 37.0 Å². The molecule has 2 aromatic carbocycles. The molecule has 2 rings (SSSR count). The number of anilines is 1. The zero-order chi connectivity index (χ0) is 25.3. The molecule has 8 nitrogen and oxygen atoms in total. The first-order chi connectivity index (χ1) is 16.1. The topological polar surface area (TPSA) is 98.2 Å². The Kier molecular flexibility index (Phi) is 9.28. The van der Waals surface area contributed by atoms with E-state index in [1.54, 1.807) is 32.2 Å². The fraction of sp³-hybridized carbons (Fsp3) is 0.348. The number of hydrazone groups is 1. The van der Waals surface area contributed by atoms with Crippen molar-refractivity contribution in [2.24, 2.45) is 5.10 Å². The Morgan fingerprint density at radius 2 is 1.50 bits per heavy atom. The molecule has 2 amide bonds. The summed E-state index contributed by atoms with van der Waals surface area (Å²) in [7, 11) is 0. The van der Waals surface area contributed by atoms with Crippen LogP contribution in [-0.2, 0) is 4.79 Å². The van der Waals surface area contributed by atoms with Gasteiger partial charge >= 0.3 is 12.1 Å².